The molecule has 0 bridgehead atoms. The fourth-order valence-electron chi connectivity index (χ4n) is 0.764. The average Bonchev–Trinajstić information content (AvgIpc) is 2.68. The molecule has 0 unspecified atom stereocenters. The van der Waals surface area contributed by atoms with Gasteiger partial charge in [-0.3, -0.25) is 4.79 Å². The van der Waals surface area contributed by atoms with Gasteiger partial charge in [0.25, 0.3) is 0 Å². The van der Waals surface area contributed by atoms with Crippen LogP contribution in [0, 0.1) is 5.92 Å². The van der Waals surface area contributed by atoms with Gasteiger partial charge in [-0.25, -0.2) is 0 Å². The Balaban J connectivity index is 2.23. The molecule has 10 heavy (non-hydrogen) atoms. The number of methoxy groups -OCH3 is 1. The molecule has 0 atom stereocenters. The fourth-order valence-corrected chi connectivity index (χ4v) is 0.906. The van der Waals surface area contributed by atoms with Crippen molar-refractivity contribution in [1.82, 2.24) is 0 Å². The van der Waals surface area contributed by atoms with Gasteiger partial charge in [-0.1, -0.05) is 0 Å². The van der Waals surface area contributed by atoms with Crippen LogP contribution in [0.4, 0.5) is 0 Å². The largest absolute Gasteiger partial charge is 0.490 e. The first-order valence-corrected chi connectivity index (χ1v) is 3.74. The van der Waals surface area contributed by atoms with Crippen LogP contribution < -0.4 is 0 Å². The average molecular weight is 158 g/mol. The van der Waals surface area contributed by atoms with Gasteiger partial charge in [-0.05, 0) is 25.1 Å². The molecule has 0 aromatic rings. The third-order valence-corrected chi connectivity index (χ3v) is 1.89. The van der Waals surface area contributed by atoms with Crippen LogP contribution in [0.1, 0.15) is 19.3 Å². The smallest absolute Gasteiger partial charge is 0.166 e. The van der Waals surface area contributed by atoms with Gasteiger partial charge >= 0.3 is 0 Å². The molecule has 0 amide bonds. The second kappa shape index (κ2) is 3.10. The van der Waals surface area contributed by atoms with Gasteiger partial charge in [-0.2, -0.15) is 0 Å². The number of carbonyl (C=O) groups excluding carboxylic acids is 1. The van der Waals surface area contributed by atoms with Gasteiger partial charge in [0.1, 0.15) is 5.78 Å². The second-order valence-corrected chi connectivity index (χ2v) is 2.95. The Morgan fingerprint density at radius 1 is 1.70 bits per heavy atom. The van der Waals surface area contributed by atoms with E-state index in [-0.39, 0.29) is 5.78 Å². The molecule has 1 saturated carbocycles. The molecule has 0 aliphatic heterocycles. The molecule has 1 fully saturated rings. The summed E-state index contributed by atoms with van der Waals surface area (Å²) in [5.74, 6) is 0.542. The predicted octanol–water partition coefficient (Wildman–Crippen LogP) is 1.33. The maximum atomic E-state index is 11.0. The van der Waals surface area contributed by atoms with E-state index >= 15 is 0 Å². The summed E-state index contributed by atoms with van der Waals surface area (Å²) in [6.07, 6.45) is 2.42. The lowest BCUT2D eigenvalue weighted by atomic mass is 10.2. The zero-order chi connectivity index (χ0) is 7.56. The van der Waals surface area contributed by atoms with Crippen LogP contribution >= 0.6 is 12.2 Å². The van der Waals surface area contributed by atoms with Crippen molar-refractivity contribution in [3.05, 3.63) is 0 Å². The van der Waals surface area contributed by atoms with E-state index in [1.807, 2.05) is 0 Å². The Hall–Kier alpha value is -0.440. The minimum Gasteiger partial charge on any atom is -0.490 e. The highest BCUT2D eigenvalue weighted by molar-refractivity contribution is 7.80. The molecule has 3 heteroatoms. The Labute approximate surface area is 65.6 Å². The van der Waals surface area contributed by atoms with E-state index in [0.29, 0.717) is 17.4 Å². The first-order valence-electron chi connectivity index (χ1n) is 3.33. The summed E-state index contributed by atoms with van der Waals surface area (Å²) < 4.78 is 4.71. The first-order chi connectivity index (χ1) is 4.74. The monoisotopic (exact) mass is 158 g/mol. The molecular formula is C7H10O2S. The Kier molecular flexibility index (Phi) is 2.38. The van der Waals surface area contributed by atoms with Crippen molar-refractivity contribution < 1.29 is 9.53 Å². The van der Waals surface area contributed by atoms with Gasteiger partial charge in [0, 0.05) is 5.92 Å². The molecule has 1 aliphatic carbocycles. The predicted molar refractivity (Wildman–Crippen MR) is 42.0 cm³/mol. The number of thiocarbonyl (C=S) groups is 1. The molecule has 1 rings (SSSR count). The lowest BCUT2D eigenvalue weighted by Crippen LogP contribution is -2.08. The number of ketones is 1. The minimum absolute atomic E-state index is 0.242. The number of Topliss-reactive ketones (excluding diaryl/α,β-unsaturated/α-hetero) is 1. The van der Waals surface area contributed by atoms with Crippen LogP contribution in [0.3, 0.4) is 0 Å². The number of carbonyl (C=O) groups is 1. The topological polar surface area (TPSA) is 26.3 Å². The highest BCUT2D eigenvalue weighted by Gasteiger charge is 2.29. The summed E-state index contributed by atoms with van der Waals surface area (Å²) >= 11 is 4.74. The first kappa shape index (κ1) is 7.66. The van der Waals surface area contributed by atoms with Crippen molar-refractivity contribution >= 4 is 23.1 Å². The Morgan fingerprint density at radius 2 is 2.30 bits per heavy atom. The molecule has 0 radical (unpaired) electrons. The van der Waals surface area contributed by atoms with E-state index < -0.39 is 0 Å². The molecule has 56 valence electrons. The zero-order valence-corrected chi connectivity index (χ0v) is 6.74. The fraction of sp³-hybridized carbons (Fsp3) is 0.714. The van der Waals surface area contributed by atoms with E-state index in [4.69, 9.17) is 17.0 Å². The van der Waals surface area contributed by atoms with Gasteiger partial charge in [-0.15, -0.1) is 0 Å². The van der Waals surface area contributed by atoms with E-state index in [9.17, 15) is 4.79 Å². The molecule has 1 aliphatic rings. The summed E-state index contributed by atoms with van der Waals surface area (Å²) in [6, 6.07) is 0. The van der Waals surface area contributed by atoms with Gasteiger partial charge in [0.05, 0.1) is 13.5 Å². The van der Waals surface area contributed by atoms with Crippen molar-refractivity contribution in [3.63, 3.8) is 0 Å². The normalized spacial score (nSPS) is 16.5. The van der Waals surface area contributed by atoms with Gasteiger partial charge < -0.3 is 4.74 Å². The summed E-state index contributed by atoms with van der Waals surface area (Å²) in [4.78, 5) is 11.0. The molecule has 0 spiro atoms. The molecular weight excluding hydrogens is 148 g/mol. The standard InChI is InChI=1S/C7H10O2S/c1-9-7(10)4-6(8)5-2-3-5/h5H,2-4H2,1H3. The maximum absolute atomic E-state index is 11.0. The van der Waals surface area contributed by atoms with Gasteiger partial charge in [0.2, 0.25) is 0 Å². The Morgan fingerprint density at radius 3 is 2.70 bits per heavy atom. The molecule has 0 aromatic heterocycles. The summed E-state index contributed by atoms with van der Waals surface area (Å²) in [5.41, 5.74) is 0. The van der Waals surface area contributed by atoms with Crippen molar-refractivity contribution in [1.29, 1.82) is 0 Å². The highest BCUT2D eigenvalue weighted by Crippen LogP contribution is 2.30. The van der Waals surface area contributed by atoms with Crippen LogP contribution in [-0.2, 0) is 9.53 Å². The van der Waals surface area contributed by atoms with Crippen molar-refractivity contribution in [2.24, 2.45) is 5.92 Å². The van der Waals surface area contributed by atoms with Crippen LogP contribution in [0.5, 0.6) is 0 Å². The summed E-state index contributed by atoms with van der Waals surface area (Å²) in [7, 11) is 1.50. The van der Waals surface area contributed by atoms with E-state index in [2.05, 4.69) is 0 Å². The molecule has 0 N–H and O–H groups in total. The third-order valence-electron chi connectivity index (χ3n) is 1.58. The SMILES string of the molecule is COC(=S)CC(=O)C1CC1. The number of rotatable bonds is 3. The summed E-state index contributed by atoms with van der Waals surface area (Å²) in [5, 5.41) is 0.414. The zero-order valence-electron chi connectivity index (χ0n) is 5.92. The van der Waals surface area contributed by atoms with Crippen molar-refractivity contribution in [3.8, 4) is 0 Å². The minimum atomic E-state index is 0.242. The molecule has 0 saturated heterocycles. The maximum Gasteiger partial charge on any atom is 0.166 e. The van der Waals surface area contributed by atoms with E-state index in [1.54, 1.807) is 0 Å². The summed E-state index contributed by atoms with van der Waals surface area (Å²) in [6.45, 7) is 0. The molecule has 2 nitrogen and oxygen atoms in total. The van der Waals surface area contributed by atoms with Crippen molar-refractivity contribution in [2.45, 2.75) is 19.3 Å². The van der Waals surface area contributed by atoms with Crippen LogP contribution in [-0.4, -0.2) is 17.9 Å². The lowest BCUT2D eigenvalue weighted by molar-refractivity contribution is -0.119. The lowest BCUT2D eigenvalue weighted by Gasteiger charge is -1.98. The molecule has 0 heterocycles. The van der Waals surface area contributed by atoms with Crippen LogP contribution in [0.25, 0.3) is 0 Å². The quantitative estimate of drug-likeness (QED) is 0.580. The van der Waals surface area contributed by atoms with Crippen LogP contribution in [0.2, 0.25) is 0 Å². The van der Waals surface area contributed by atoms with E-state index in [1.165, 1.54) is 7.11 Å². The molecule has 0 aromatic carbocycles. The number of hydrogen-bond acceptors (Lipinski definition) is 3. The number of hydrogen-bond donors (Lipinski definition) is 0. The highest BCUT2D eigenvalue weighted by atomic mass is 32.1. The van der Waals surface area contributed by atoms with Gasteiger partial charge in [0.15, 0.2) is 5.05 Å². The third kappa shape index (κ3) is 2.06. The van der Waals surface area contributed by atoms with Crippen molar-refractivity contribution in [2.75, 3.05) is 7.11 Å². The van der Waals surface area contributed by atoms with E-state index in [0.717, 1.165) is 12.8 Å². The Bertz CT molecular complexity index is 161. The second-order valence-electron chi connectivity index (χ2n) is 2.49. The van der Waals surface area contributed by atoms with Crippen LogP contribution in [0.15, 0.2) is 0 Å². The number of ether oxygens (including phenoxy) is 1.